The summed E-state index contributed by atoms with van der Waals surface area (Å²) in [5, 5.41) is 0.487. The predicted octanol–water partition coefficient (Wildman–Crippen LogP) is 1.18. The van der Waals surface area contributed by atoms with E-state index in [1.54, 1.807) is 6.07 Å². The molecule has 1 aliphatic carbocycles. The smallest absolute Gasteiger partial charge is 0.271 e. The van der Waals surface area contributed by atoms with Gasteiger partial charge in [-0.05, 0) is 30.9 Å². The minimum Gasteiger partial charge on any atom is -0.448 e. The maximum absolute atomic E-state index is 6.14. The molecule has 1 aromatic carbocycles. The van der Waals surface area contributed by atoms with Gasteiger partial charge in [-0.25, -0.2) is 0 Å². The fraction of sp³-hybridized carbons (Fsp3) is 0.455. The second-order valence-electron chi connectivity index (χ2n) is 3.94. The molecule has 0 fully saturated rings. The van der Waals surface area contributed by atoms with Crippen molar-refractivity contribution in [2.75, 3.05) is 12.8 Å². The number of hydrogen-bond donors (Lipinski definition) is 3. The first-order valence-corrected chi connectivity index (χ1v) is 5.80. The molecule has 0 saturated carbocycles. The Morgan fingerprint density at radius 1 is 1.41 bits per heavy atom. The maximum Gasteiger partial charge on any atom is 0.271 e. The van der Waals surface area contributed by atoms with Crippen LogP contribution in [0, 0.1) is 0 Å². The summed E-state index contributed by atoms with van der Waals surface area (Å²) in [7, 11) is 1.50. The summed E-state index contributed by atoms with van der Waals surface area (Å²) in [6.45, 7) is 0. The minimum atomic E-state index is -0.721. The number of nitrogens with one attached hydrogen (secondary N) is 1. The minimum absolute atomic E-state index is 0.487. The Hall–Kier alpha value is -1.01. The van der Waals surface area contributed by atoms with Crippen molar-refractivity contribution in [2.24, 2.45) is 5.84 Å². The van der Waals surface area contributed by atoms with E-state index in [-0.39, 0.29) is 0 Å². The molecule has 0 saturated heterocycles. The molecule has 17 heavy (non-hydrogen) atoms. The van der Waals surface area contributed by atoms with Gasteiger partial charge in [-0.1, -0.05) is 11.6 Å². The molecule has 0 amide bonds. The number of hydrogen-bond acceptors (Lipinski definition) is 5. The van der Waals surface area contributed by atoms with Crippen molar-refractivity contribution >= 4 is 17.3 Å². The SMILES string of the molecule is COC(NN)Oc1c(Cl)cc(N)c2c1CCC2. The van der Waals surface area contributed by atoms with Crippen LogP contribution >= 0.6 is 11.6 Å². The summed E-state index contributed by atoms with van der Waals surface area (Å²) in [5.74, 6) is 5.90. The zero-order valence-corrected chi connectivity index (χ0v) is 10.4. The first-order chi connectivity index (χ1) is 8.17. The monoisotopic (exact) mass is 257 g/mol. The van der Waals surface area contributed by atoms with Gasteiger partial charge < -0.3 is 15.2 Å². The standard InChI is InChI=1S/C11H16ClN3O2/c1-16-11(15-14)17-10-7-4-2-3-6(7)9(13)5-8(10)12/h5,11,15H,2-4,13-14H2,1H3. The Bertz CT molecular complexity index is 422. The van der Waals surface area contributed by atoms with Crippen molar-refractivity contribution in [1.82, 2.24) is 5.43 Å². The van der Waals surface area contributed by atoms with Gasteiger partial charge in [0, 0.05) is 18.4 Å². The van der Waals surface area contributed by atoms with Gasteiger partial charge in [-0.3, -0.25) is 5.84 Å². The van der Waals surface area contributed by atoms with E-state index in [2.05, 4.69) is 5.43 Å². The van der Waals surface area contributed by atoms with Gasteiger partial charge in [-0.2, -0.15) is 5.43 Å². The molecule has 6 heteroatoms. The lowest BCUT2D eigenvalue weighted by Crippen LogP contribution is -2.41. The lowest BCUT2D eigenvalue weighted by Gasteiger charge is -2.20. The predicted molar refractivity (Wildman–Crippen MR) is 66.6 cm³/mol. The summed E-state index contributed by atoms with van der Waals surface area (Å²) < 4.78 is 10.6. The molecule has 0 aliphatic heterocycles. The number of rotatable bonds is 4. The maximum atomic E-state index is 6.14. The number of hydrazine groups is 1. The summed E-state index contributed by atoms with van der Waals surface area (Å²) in [6.07, 6.45) is 2.21. The van der Waals surface area contributed by atoms with Gasteiger partial charge in [0.1, 0.15) is 5.75 Å². The molecule has 1 unspecified atom stereocenters. The molecule has 0 bridgehead atoms. The number of halogens is 1. The highest BCUT2D eigenvalue weighted by Gasteiger charge is 2.23. The molecule has 1 aromatic rings. The normalized spacial score (nSPS) is 15.7. The highest BCUT2D eigenvalue weighted by molar-refractivity contribution is 6.32. The summed E-state index contributed by atoms with van der Waals surface area (Å²) in [4.78, 5) is 0. The number of ether oxygens (including phenoxy) is 2. The number of nitrogen functional groups attached to an aromatic ring is 1. The van der Waals surface area contributed by atoms with E-state index >= 15 is 0 Å². The largest absolute Gasteiger partial charge is 0.448 e. The summed E-state index contributed by atoms with van der Waals surface area (Å²) >= 11 is 6.14. The number of fused-ring (bicyclic) bond motifs is 1. The van der Waals surface area contributed by atoms with Crippen LogP contribution in [0.4, 0.5) is 5.69 Å². The number of methoxy groups -OCH3 is 1. The van der Waals surface area contributed by atoms with E-state index in [1.807, 2.05) is 0 Å². The third kappa shape index (κ3) is 2.32. The Kier molecular flexibility index (Phi) is 3.73. The molecule has 2 rings (SSSR count). The van der Waals surface area contributed by atoms with E-state index in [1.165, 1.54) is 7.11 Å². The van der Waals surface area contributed by atoms with E-state index in [0.29, 0.717) is 10.8 Å². The molecule has 0 aromatic heterocycles. The molecule has 5 nitrogen and oxygen atoms in total. The van der Waals surface area contributed by atoms with Crippen LogP contribution in [0.15, 0.2) is 6.07 Å². The van der Waals surface area contributed by atoms with Crippen LogP contribution in [0.2, 0.25) is 5.02 Å². The molecule has 0 radical (unpaired) electrons. The van der Waals surface area contributed by atoms with Crippen molar-refractivity contribution in [3.8, 4) is 5.75 Å². The van der Waals surface area contributed by atoms with Crippen LogP contribution in [0.5, 0.6) is 5.75 Å². The Balaban J connectivity index is 2.37. The van der Waals surface area contributed by atoms with Crippen molar-refractivity contribution in [2.45, 2.75) is 25.7 Å². The topological polar surface area (TPSA) is 82.5 Å². The molecule has 1 aliphatic rings. The van der Waals surface area contributed by atoms with Crippen molar-refractivity contribution in [1.29, 1.82) is 0 Å². The van der Waals surface area contributed by atoms with Gasteiger partial charge in [0.25, 0.3) is 6.41 Å². The molecule has 94 valence electrons. The lowest BCUT2D eigenvalue weighted by molar-refractivity contribution is -0.0772. The molecule has 5 N–H and O–H groups in total. The number of benzene rings is 1. The Morgan fingerprint density at radius 2 is 2.12 bits per heavy atom. The van der Waals surface area contributed by atoms with Crippen LogP contribution in [0.25, 0.3) is 0 Å². The third-order valence-electron chi connectivity index (χ3n) is 2.91. The molecule has 0 spiro atoms. The molecular weight excluding hydrogens is 242 g/mol. The van der Waals surface area contributed by atoms with Crippen LogP contribution in [-0.4, -0.2) is 13.5 Å². The van der Waals surface area contributed by atoms with Gasteiger partial charge in [0.15, 0.2) is 0 Å². The quantitative estimate of drug-likeness (QED) is 0.327. The van der Waals surface area contributed by atoms with E-state index in [4.69, 9.17) is 32.7 Å². The molecular formula is C11H16ClN3O2. The van der Waals surface area contributed by atoms with Crippen molar-refractivity contribution < 1.29 is 9.47 Å². The molecule has 1 atom stereocenters. The average Bonchev–Trinajstić information content (AvgIpc) is 2.79. The highest BCUT2D eigenvalue weighted by atomic mass is 35.5. The number of anilines is 1. The summed E-state index contributed by atoms with van der Waals surface area (Å²) in [5.41, 5.74) is 11.2. The summed E-state index contributed by atoms with van der Waals surface area (Å²) in [6, 6.07) is 1.71. The number of nitrogens with two attached hydrogens (primary N) is 2. The fourth-order valence-electron chi connectivity index (χ4n) is 2.13. The van der Waals surface area contributed by atoms with E-state index in [9.17, 15) is 0 Å². The first kappa shape index (κ1) is 12.4. The lowest BCUT2D eigenvalue weighted by atomic mass is 10.1. The van der Waals surface area contributed by atoms with Crippen LogP contribution in [0.1, 0.15) is 17.5 Å². The van der Waals surface area contributed by atoms with Gasteiger partial charge in [0.05, 0.1) is 5.02 Å². The zero-order valence-electron chi connectivity index (χ0n) is 9.63. The second-order valence-corrected chi connectivity index (χ2v) is 4.35. The first-order valence-electron chi connectivity index (χ1n) is 5.42. The highest BCUT2D eigenvalue weighted by Crippen LogP contribution is 2.40. The zero-order chi connectivity index (χ0) is 12.4. The van der Waals surface area contributed by atoms with Gasteiger partial charge in [-0.15, -0.1) is 0 Å². The Morgan fingerprint density at radius 3 is 2.76 bits per heavy atom. The van der Waals surface area contributed by atoms with Crippen molar-refractivity contribution in [3.63, 3.8) is 0 Å². The van der Waals surface area contributed by atoms with Gasteiger partial charge >= 0.3 is 0 Å². The van der Waals surface area contributed by atoms with Crippen LogP contribution < -0.4 is 21.7 Å². The van der Waals surface area contributed by atoms with Crippen LogP contribution in [-0.2, 0) is 17.6 Å². The fourth-order valence-corrected chi connectivity index (χ4v) is 2.41. The molecule has 0 heterocycles. The second kappa shape index (κ2) is 5.10. The van der Waals surface area contributed by atoms with E-state index in [0.717, 1.165) is 36.1 Å². The average molecular weight is 258 g/mol. The Labute approximate surface area is 105 Å². The van der Waals surface area contributed by atoms with E-state index < -0.39 is 6.41 Å². The third-order valence-corrected chi connectivity index (χ3v) is 3.20. The van der Waals surface area contributed by atoms with Crippen LogP contribution in [0.3, 0.4) is 0 Å². The van der Waals surface area contributed by atoms with Gasteiger partial charge in [0.2, 0.25) is 0 Å². The van der Waals surface area contributed by atoms with Crippen molar-refractivity contribution in [3.05, 3.63) is 22.2 Å².